The predicted molar refractivity (Wildman–Crippen MR) is 77.2 cm³/mol. The van der Waals surface area contributed by atoms with Gasteiger partial charge in [-0.1, -0.05) is 26.0 Å². The van der Waals surface area contributed by atoms with Gasteiger partial charge in [0.2, 0.25) is 0 Å². The maximum Gasteiger partial charge on any atom is 0.127 e. The van der Waals surface area contributed by atoms with E-state index in [0.717, 1.165) is 16.9 Å². The molecule has 0 radical (unpaired) electrons. The van der Waals surface area contributed by atoms with E-state index in [-0.39, 0.29) is 23.5 Å². The average molecular weight is 270 g/mol. The molecule has 3 nitrogen and oxygen atoms in total. The van der Waals surface area contributed by atoms with E-state index in [0.29, 0.717) is 5.92 Å². The molecular formula is C17H18O3. The largest absolute Gasteiger partial charge is 0.508 e. The molecule has 0 aromatic heterocycles. The second-order valence-electron chi connectivity index (χ2n) is 5.50. The van der Waals surface area contributed by atoms with Crippen molar-refractivity contribution in [2.24, 2.45) is 5.92 Å². The molecule has 0 fully saturated rings. The molecule has 3 unspecified atom stereocenters. The first-order valence-electron chi connectivity index (χ1n) is 6.85. The molecular weight excluding hydrogens is 252 g/mol. The zero-order valence-electron chi connectivity index (χ0n) is 11.6. The molecule has 104 valence electrons. The number of fused-ring (bicyclic) bond motifs is 1. The average Bonchev–Trinajstić information content (AvgIpc) is 2.44. The highest BCUT2D eigenvalue weighted by Gasteiger charge is 2.33. The molecule has 0 amide bonds. The predicted octanol–water partition coefficient (Wildman–Crippen LogP) is 3.97. The van der Waals surface area contributed by atoms with Gasteiger partial charge in [0, 0.05) is 11.5 Å². The molecule has 0 spiro atoms. The fourth-order valence-electron chi connectivity index (χ4n) is 2.82. The van der Waals surface area contributed by atoms with Crippen molar-refractivity contribution in [1.29, 1.82) is 0 Å². The van der Waals surface area contributed by atoms with Crippen molar-refractivity contribution < 1.29 is 14.9 Å². The van der Waals surface area contributed by atoms with Gasteiger partial charge in [-0.2, -0.15) is 0 Å². The first kappa shape index (κ1) is 12.9. The molecule has 0 saturated carbocycles. The Hall–Kier alpha value is -2.16. The Labute approximate surface area is 118 Å². The minimum atomic E-state index is -0.0392. The summed E-state index contributed by atoms with van der Waals surface area (Å²) in [5, 5.41) is 19.0. The molecule has 3 heteroatoms. The number of phenols is 2. The lowest BCUT2D eigenvalue weighted by molar-refractivity contribution is 0.106. The Balaban J connectivity index is 1.99. The fourth-order valence-corrected chi connectivity index (χ4v) is 2.82. The van der Waals surface area contributed by atoms with Crippen LogP contribution in [0.15, 0.2) is 42.5 Å². The van der Waals surface area contributed by atoms with Crippen LogP contribution >= 0.6 is 0 Å². The highest BCUT2D eigenvalue weighted by molar-refractivity contribution is 5.44. The van der Waals surface area contributed by atoms with Crippen LogP contribution in [0.2, 0.25) is 0 Å². The summed E-state index contributed by atoms with van der Waals surface area (Å²) in [5.74, 6) is 1.94. The van der Waals surface area contributed by atoms with Crippen LogP contribution in [0.5, 0.6) is 17.2 Å². The van der Waals surface area contributed by atoms with Crippen LogP contribution in [0.1, 0.15) is 37.0 Å². The smallest absolute Gasteiger partial charge is 0.127 e. The van der Waals surface area contributed by atoms with E-state index in [2.05, 4.69) is 13.8 Å². The van der Waals surface area contributed by atoms with Gasteiger partial charge in [-0.3, -0.25) is 0 Å². The first-order chi connectivity index (χ1) is 9.56. The molecule has 2 N–H and O–H groups in total. The SMILES string of the molecule is CC1c2cc(O)ccc2OC(c2ccc(O)cc2)C1C. The van der Waals surface area contributed by atoms with Crippen molar-refractivity contribution in [3.63, 3.8) is 0 Å². The maximum absolute atomic E-state index is 9.62. The molecule has 1 heterocycles. The number of hydrogen-bond acceptors (Lipinski definition) is 3. The van der Waals surface area contributed by atoms with Crippen LogP contribution in [0, 0.1) is 5.92 Å². The van der Waals surface area contributed by atoms with Crippen molar-refractivity contribution in [2.45, 2.75) is 25.9 Å². The van der Waals surface area contributed by atoms with E-state index in [1.54, 1.807) is 24.3 Å². The van der Waals surface area contributed by atoms with E-state index in [9.17, 15) is 10.2 Å². The Morgan fingerprint density at radius 2 is 1.55 bits per heavy atom. The van der Waals surface area contributed by atoms with Crippen LogP contribution in [0.25, 0.3) is 0 Å². The maximum atomic E-state index is 9.62. The lowest BCUT2D eigenvalue weighted by Gasteiger charge is -2.36. The third-order valence-electron chi connectivity index (χ3n) is 4.23. The van der Waals surface area contributed by atoms with Crippen LogP contribution in [-0.2, 0) is 0 Å². The van der Waals surface area contributed by atoms with Crippen molar-refractivity contribution in [1.82, 2.24) is 0 Å². The lowest BCUT2D eigenvalue weighted by Crippen LogP contribution is -2.26. The summed E-state index contributed by atoms with van der Waals surface area (Å²) in [7, 11) is 0. The van der Waals surface area contributed by atoms with Gasteiger partial charge in [0.25, 0.3) is 0 Å². The van der Waals surface area contributed by atoms with Crippen molar-refractivity contribution in [2.75, 3.05) is 0 Å². The number of rotatable bonds is 1. The van der Waals surface area contributed by atoms with Crippen LogP contribution in [-0.4, -0.2) is 10.2 Å². The monoisotopic (exact) mass is 270 g/mol. The van der Waals surface area contributed by atoms with Crippen LogP contribution < -0.4 is 4.74 Å². The zero-order valence-corrected chi connectivity index (χ0v) is 11.6. The molecule has 1 aliphatic rings. The molecule has 0 saturated heterocycles. The third kappa shape index (κ3) is 2.09. The summed E-state index contributed by atoms with van der Waals surface area (Å²) in [5.41, 5.74) is 2.11. The Morgan fingerprint density at radius 3 is 2.25 bits per heavy atom. The quantitative estimate of drug-likeness (QED) is 0.824. The summed E-state index contributed by atoms with van der Waals surface area (Å²) in [6.07, 6.45) is -0.0392. The third-order valence-corrected chi connectivity index (χ3v) is 4.23. The normalized spacial score (nSPS) is 24.8. The topological polar surface area (TPSA) is 49.7 Å². The number of phenolic OH excluding ortho intramolecular Hbond substituents is 2. The van der Waals surface area contributed by atoms with Gasteiger partial charge < -0.3 is 14.9 Å². The molecule has 20 heavy (non-hydrogen) atoms. The highest BCUT2D eigenvalue weighted by atomic mass is 16.5. The second-order valence-corrected chi connectivity index (χ2v) is 5.50. The zero-order chi connectivity index (χ0) is 14.3. The van der Waals surface area contributed by atoms with E-state index in [4.69, 9.17) is 4.74 Å². The number of ether oxygens (including phenoxy) is 1. The van der Waals surface area contributed by atoms with Gasteiger partial charge in [0.05, 0.1) is 0 Å². The standard InChI is InChI=1S/C17H18O3/c1-10-11(2)17(12-3-5-13(18)6-4-12)20-16-8-7-14(19)9-15(10)16/h3-11,17-19H,1-2H3. The Morgan fingerprint density at radius 1 is 0.900 bits per heavy atom. The van der Waals surface area contributed by atoms with Gasteiger partial charge >= 0.3 is 0 Å². The molecule has 0 bridgehead atoms. The summed E-state index contributed by atoms with van der Waals surface area (Å²) >= 11 is 0. The fraction of sp³-hybridized carbons (Fsp3) is 0.294. The molecule has 3 atom stereocenters. The molecule has 2 aromatic carbocycles. The molecule has 2 aromatic rings. The van der Waals surface area contributed by atoms with E-state index < -0.39 is 0 Å². The number of benzene rings is 2. The summed E-state index contributed by atoms with van der Waals surface area (Å²) < 4.78 is 6.10. The van der Waals surface area contributed by atoms with Gasteiger partial charge in [0.15, 0.2) is 0 Å². The van der Waals surface area contributed by atoms with Gasteiger partial charge in [-0.05, 0) is 41.8 Å². The second kappa shape index (κ2) is 4.75. The van der Waals surface area contributed by atoms with E-state index in [1.807, 2.05) is 18.2 Å². The molecule has 3 rings (SSSR count). The first-order valence-corrected chi connectivity index (χ1v) is 6.85. The van der Waals surface area contributed by atoms with Crippen molar-refractivity contribution in [3.8, 4) is 17.2 Å². The van der Waals surface area contributed by atoms with Gasteiger partial charge in [-0.25, -0.2) is 0 Å². The van der Waals surface area contributed by atoms with E-state index >= 15 is 0 Å². The number of hydrogen-bond donors (Lipinski definition) is 2. The van der Waals surface area contributed by atoms with Crippen molar-refractivity contribution in [3.05, 3.63) is 53.6 Å². The van der Waals surface area contributed by atoms with Crippen LogP contribution in [0.3, 0.4) is 0 Å². The lowest BCUT2D eigenvalue weighted by atomic mass is 9.80. The van der Waals surface area contributed by atoms with Gasteiger partial charge in [0.1, 0.15) is 23.4 Å². The molecule has 1 aliphatic heterocycles. The summed E-state index contributed by atoms with van der Waals surface area (Å²) in [6.45, 7) is 4.30. The van der Waals surface area contributed by atoms with Crippen LogP contribution in [0.4, 0.5) is 0 Å². The Bertz CT molecular complexity index is 619. The van der Waals surface area contributed by atoms with E-state index in [1.165, 1.54) is 0 Å². The number of aromatic hydroxyl groups is 2. The summed E-state index contributed by atoms with van der Waals surface area (Å²) in [4.78, 5) is 0. The van der Waals surface area contributed by atoms with Gasteiger partial charge in [-0.15, -0.1) is 0 Å². The summed E-state index contributed by atoms with van der Waals surface area (Å²) in [6, 6.07) is 12.4. The minimum Gasteiger partial charge on any atom is -0.508 e. The minimum absolute atomic E-state index is 0.0392. The van der Waals surface area contributed by atoms with Crippen molar-refractivity contribution >= 4 is 0 Å². The molecule has 0 aliphatic carbocycles. The highest BCUT2D eigenvalue weighted by Crippen LogP contribution is 2.46. The Kier molecular flexibility index (Phi) is 3.05.